The molecule has 91 heavy (non-hydrogen) atoms. The van der Waals surface area contributed by atoms with E-state index in [1.807, 2.05) is 109 Å². The van der Waals surface area contributed by atoms with Gasteiger partial charge in [0.1, 0.15) is 0 Å². The van der Waals surface area contributed by atoms with Gasteiger partial charge in [0.15, 0.2) is 0 Å². The smallest absolute Gasteiger partial charge is 0.322 e. The van der Waals surface area contributed by atoms with Gasteiger partial charge in [-0.15, -0.1) is 0 Å². The lowest BCUT2D eigenvalue weighted by Gasteiger charge is -2.36. The molecule has 12 rings (SSSR count). The Morgan fingerprint density at radius 2 is 0.813 bits per heavy atom. The summed E-state index contributed by atoms with van der Waals surface area (Å²) in [6.07, 6.45) is 8.41. The molecule has 0 aromatic heterocycles. The number of nitrogens with one attached hydrogen (secondary N) is 4. The van der Waals surface area contributed by atoms with Crippen molar-refractivity contribution in [3.63, 3.8) is 0 Å². The van der Waals surface area contributed by atoms with Crippen LogP contribution in [-0.4, -0.2) is 186 Å². The van der Waals surface area contributed by atoms with E-state index in [2.05, 4.69) is 62.8 Å². The van der Waals surface area contributed by atoms with Crippen LogP contribution in [0.1, 0.15) is 70.4 Å². The van der Waals surface area contributed by atoms with Crippen LogP contribution in [0.15, 0.2) is 121 Å². The molecule has 0 aliphatic carbocycles. The maximum absolute atomic E-state index is 13.1. The highest BCUT2D eigenvalue weighted by molar-refractivity contribution is 6.40. The summed E-state index contributed by atoms with van der Waals surface area (Å²) in [7, 11) is 2.05. The van der Waals surface area contributed by atoms with Crippen molar-refractivity contribution < 1.29 is 24.0 Å². The van der Waals surface area contributed by atoms with Crippen molar-refractivity contribution in [3.8, 4) is 0 Å². The SMILES string of the molecule is CN1CCN(C(=O)Cc2cc(Cl)c(NC(=O)N3CCN(c4ccc(NC(=O)c5cccc(N6CCCC6)c5)cc4)CC3)c(Cl)c2)CC1.O=C(Nc1cccc(N2CCCC2)c1)c1ccc(N2CCN(C(=O)Nc3c(Cl)cc(CCN4CCCC4)cc3Cl)CC2)cc1. The lowest BCUT2D eigenvalue weighted by atomic mass is 10.1. The number of likely N-dealkylation sites (tertiary alicyclic amines) is 1. The van der Waals surface area contributed by atoms with Gasteiger partial charge in [-0.2, -0.15) is 0 Å². The van der Waals surface area contributed by atoms with Crippen LogP contribution >= 0.6 is 46.4 Å². The molecule has 18 nitrogen and oxygen atoms in total. The second-order valence-corrected chi connectivity index (χ2v) is 26.0. The minimum absolute atomic E-state index is 0.0397. The standard InChI is InChI=1S/C35H41Cl2N7O3.C34H40Cl2N6O2/c1-40-13-15-43(16-14-40)32(45)23-25-21-30(36)33(31(37)22-25)39-35(47)44-19-17-42(18-20-44)28-9-7-27(8-10-28)38-34(46)26-5-4-6-29(24-26)41-11-2-3-12-41;35-30-22-25(12-17-39-13-1-2-14-39)23-31(36)32(30)38-34(44)42-20-18-41(19-21-42)28-10-8-26(9-11-28)33(43)37-27-6-5-7-29(24-27)40-15-3-4-16-40/h4-10,21-22,24H,2-3,11-20,23H2,1H3,(H,38,46)(H,39,47);5-11,22-24H,1-4,12-21H2,(H,37,43)(H,38,44). The Labute approximate surface area is 554 Å². The highest BCUT2D eigenvalue weighted by Gasteiger charge is 2.27. The summed E-state index contributed by atoms with van der Waals surface area (Å²) in [5, 5.41) is 13.4. The zero-order chi connectivity index (χ0) is 63.4. The molecule has 0 saturated carbocycles. The normalized spacial score (nSPS) is 17.2. The molecule has 7 amide bonds. The molecule has 6 aliphatic heterocycles. The molecule has 0 bridgehead atoms. The van der Waals surface area contributed by atoms with Crippen LogP contribution in [0.5, 0.6) is 0 Å². The number of carbonyl (C=O) groups excluding carboxylic acids is 5. The largest absolute Gasteiger partial charge is 0.372 e. The molecule has 4 N–H and O–H groups in total. The summed E-state index contributed by atoms with van der Waals surface area (Å²) in [5.74, 6) is -0.223. The lowest BCUT2D eigenvalue weighted by molar-refractivity contribution is -0.132. The second kappa shape index (κ2) is 30.8. The first-order valence-electron chi connectivity index (χ1n) is 32.0. The molecule has 6 fully saturated rings. The molecule has 6 aromatic rings. The number of hydrogen-bond acceptors (Lipinski definition) is 11. The number of halogens is 4. The van der Waals surface area contributed by atoms with E-state index in [1.54, 1.807) is 21.9 Å². The highest BCUT2D eigenvalue weighted by Crippen LogP contribution is 2.35. The van der Waals surface area contributed by atoms with Crippen LogP contribution < -0.4 is 40.9 Å². The molecule has 0 atom stereocenters. The monoisotopic (exact) mass is 1310 g/mol. The number of nitrogens with zero attached hydrogens (tertiary/aromatic N) is 9. The van der Waals surface area contributed by atoms with E-state index in [1.165, 1.54) is 38.5 Å². The predicted octanol–water partition coefficient (Wildman–Crippen LogP) is 12.4. The molecular formula is C69H81Cl4N13O5. The van der Waals surface area contributed by atoms with Gasteiger partial charge in [-0.05, 0) is 185 Å². The Balaban J connectivity index is 0.000000187. The van der Waals surface area contributed by atoms with E-state index in [4.69, 9.17) is 46.4 Å². The van der Waals surface area contributed by atoms with Crippen molar-refractivity contribution in [2.45, 2.75) is 51.4 Å². The van der Waals surface area contributed by atoms with E-state index in [9.17, 15) is 24.0 Å². The van der Waals surface area contributed by atoms with Crippen LogP contribution in [0, 0.1) is 0 Å². The van der Waals surface area contributed by atoms with Gasteiger partial charge in [-0.1, -0.05) is 58.5 Å². The number of hydrogen-bond donors (Lipinski definition) is 4. The van der Waals surface area contributed by atoms with Gasteiger partial charge in [0.05, 0.1) is 37.9 Å². The van der Waals surface area contributed by atoms with E-state index >= 15 is 0 Å². The van der Waals surface area contributed by atoms with E-state index in [0.29, 0.717) is 114 Å². The summed E-state index contributed by atoms with van der Waals surface area (Å²) in [6, 6.07) is 38.0. The van der Waals surface area contributed by atoms with Crippen LogP contribution in [-0.2, 0) is 17.6 Å². The number of urea groups is 2. The van der Waals surface area contributed by atoms with E-state index in [-0.39, 0.29) is 36.2 Å². The van der Waals surface area contributed by atoms with Gasteiger partial charge in [-0.25, -0.2) is 9.59 Å². The van der Waals surface area contributed by atoms with Crippen LogP contribution in [0.25, 0.3) is 0 Å². The number of amides is 7. The Hall–Kier alpha value is -7.45. The molecule has 0 radical (unpaired) electrons. The van der Waals surface area contributed by atoms with Crippen LogP contribution in [0.4, 0.5) is 55.1 Å². The molecule has 6 aliphatic rings. The lowest BCUT2D eigenvalue weighted by Crippen LogP contribution is -2.50. The first kappa shape index (κ1) is 65.1. The maximum atomic E-state index is 13.1. The van der Waals surface area contributed by atoms with E-state index < -0.39 is 0 Å². The van der Waals surface area contributed by atoms with Gasteiger partial charge >= 0.3 is 12.1 Å². The van der Waals surface area contributed by atoms with Gasteiger partial charge in [-0.3, -0.25) is 14.4 Å². The summed E-state index contributed by atoms with van der Waals surface area (Å²) in [6.45, 7) is 15.4. The second-order valence-electron chi connectivity index (χ2n) is 24.3. The Morgan fingerprint density at radius 1 is 0.385 bits per heavy atom. The molecule has 0 spiro atoms. The summed E-state index contributed by atoms with van der Waals surface area (Å²) in [5.41, 5.74) is 9.65. The maximum Gasteiger partial charge on any atom is 0.322 e. The zero-order valence-electron chi connectivity index (χ0n) is 51.7. The fourth-order valence-electron chi connectivity index (χ4n) is 12.6. The topological polar surface area (TPSA) is 163 Å². The molecule has 22 heteroatoms. The zero-order valence-corrected chi connectivity index (χ0v) is 54.7. The third-order valence-electron chi connectivity index (χ3n) is 18.1. The number of carbonyl (C=O) groups is 5. The van der Waals surface area contributed by atoms with Crippen molar-refractivity contribution in [2.24, 2.45) is 0 Å². The summed E-state index contributed by atoms with van der Waals surface area (Å²) < 4.78 is 0. The Bertz CT molecular complexity index is 3470. The number of likely N-dealkylation sites (N-methyl/N-ethyl adjacent to an activating group) is 1. The highest BCUT2D eigenvalue weighted by atomic mass is 35.5. The van der Waals surface area contributed by atoms with Crippen molar-refractivity contribution in [3.05, 3.63) is 164 Å². The molecule has 6 saturated heterocycles. The average molecular weight is 1310 g/mol. The molecule has 0 unspecified atom stereocenters. The number of anilines is 8. The number of rotatable bonds is 15. The first-order valence-corrected chi connectivity index (χ1v) is 33.5. The molecule has 6 aromatic carbocycles. The van der Waals surface area contributed by atoms with Crippen LogP contribution in [0.2, 0.25) is 20.1 Å². The third kappa shape index (κ3) is 17.2. The molecular weight excluding hydrogens is 1230 g/mol. The van der Waals surface area contributed by atoms with Gasteiger partial charge in [0.25, 0.3) is 11.8 Å². The average Bonchev–Trinajstić information content (AvgIpc) is 2.11. The Kier molecular flexibility index (Phi) is 22.0. The fourth-order valence-corrected chi connectivity index (χ4v) is 13.9. The minimum Gasteiger partial charge on any atom is -0.372 e. The minimum atomic E-state index is -0.276. The van der Waals surface area contributed by atoms with Crippen molar-refractivity contribution in [2.75, 3.05) is 172 Å². The summed E-state index contributed by atoms with van der Waals surface area (Å²) >= 11 is 26.2. The van der Waals surface area contributed by atoms with Crippen molar-refractivity contribution >= 4 is 122 Å². The predicted molar refractivity (Wildman–Crippen MR) is 370 cm³/mol. The first-order chi connectivity index (χ1) is 44.2. The van der Waals surface area contributed by atoms with Gasteiger partial charge in [0, 0.05) is 157 Å². The summed E-state index contributed by atoms with van der Waals surface area (Å²) in [4.78, 5) is 84.0. The quantitative estimate of drug-likeness (QED) is 0.0774. The van der Waals surface area contributed by atoms with Gasteiger partial charge < -0.3 is 65.4 Å². The van der Waals surface area contributed by atoms with E-state index in [0.717, 1.165) is 105 Å². The third-order valence-corrected chi connectivity index (χ3v) is 19.3. The number of benzene rings is 6. The fraction of sp³-hybridized carbons (Fsp3) is 0.406. The Morgan fingerprint density at radius 3 is 1.34 bits per heavy atom. The number of piperazine rings is 3. The van der Waals surface area contributed by atoms with Crippen molar-refractivity contribution in [1.29, 1.82) is 0 Å². The van der Waals surface area contributed by atoms with Crippen LogP contribution in [0.3, 0.4) is 0 Å². The van der Waals surface area contributed by atoms with Gasteiger partial charge in [0.2, 0.25) is 5.91 Å². The van der Waals surface area contributed by atoms with Crippen molar-refractivity contribution in [1.82, 2.24) is 24.5 Å². The molecule has 480 valence electrons. The molecule has 6 heterocycles.